The van der Waals surface area contributed by atoms with Crippen molar-refractivity contribution in [2.75, 3.05) is 0 Å². The Kier molecular flexibility index (Phi) is 1.94. The van der Waals surface area contributed by atoms with E-state index in [9.17, 15) is 18.3 Å². The van der Waals surface area contributed by atoms with Crippen LogP contribution >= 0.6 is 0 Å². The lowest BCUT2D eigenvalue weighted by Crippen LogP contribution is -2.18. The number of hydrogen-bond donors (Lipinski definition) is 1. The van der Waals surface area contributed by atoms with Crippen molar-refractivity contribution in [2.24, 2.45) is 0 Å². The molecule has 0 spiro atoms. The average Bonchev–Trinajstić information content (AvgIpc) is 2.47. The molecule has 1 atom stereocenters. The fourth-order valence-electron chi connectivity index (χ4n) is 1.98. The Labute approximate surface area is 79.2 Å². The number of hydrogen-bond acceptors (Lipinski definition) is 1. The number of benzene rings is 1. The van der Waals surface area contributed by atoms with Gasteiger partial charge >= 0.3 is 6.18 Å². The van der Waals surface area contributed by atoms with Crippen molar-refractivity contribution in [3.8, 4) is 5.75 Å². The highest BCUT2D eigenvalue weighted by Gasteiger charge is 2.44. The number of phenols is 1. The van der Waals surface area contributed by atoms with Crippen LogP contribution in [0.5, 0.6) is 5.75 Å². The van der Waals surface area contributed by atoms with E-state index in [2.05, 4.69) is 0 Å². The lowest BCUT2D eigenvalue weighted by atomic mass is 10.0. The van der Waals surface area contributed by atoms with Crippen LogP contribution in [0.4, 0.5) is 13.2 Å². The highest BCUT2D eigenvalue weighted by Crippen LogP contribution is 2.46. The average molecular weight is 202 g/mol. The monoisotopic (exact) mass is 202 g/mol. The van der Waals surface area contributed by atoms with Gasteiger partial charge in [-0.25, -0.2) is 0 Å². The van der Waals surface area contributed by atoms with E-state index >= 15 is 0 Å². The first-order valence-electron chi connectivity index (χ1n) is 4.37. The van der Waals surface area contributed by atoms with E-state index in [1.807, 2.05) is 0 Å². The largest absolute Gasteiger partial charge is 0.508 e. The van der Waals surface area contributed by atoms with Gasteiger partial charge in [0.2, 0.25) is 0 Å². The van der Waals surface area contributed by atoms with Crippen LogP contribution in [0, 0.1) is 0 Å². The van der Waals surface area contributed by atoms with Crippen LogP contribution in [0.1, 0.15) is 23.5 Å². The fourth-order valence-corrected chi connectivity index (χ4v) is 1.98. The van der Waals surface area contributed by atoms with E-state index < -0.39 is 12.1 Å². The highest BCUT2D eigenvalue weighted by atomic mass is 19.4. The van der Waals surface area contributed by atoms with Crippen LogP contribution in [0.2, 0.25) is 0 Å². The Morgan fingerprint density at radius 3 is 2.64 bits per heavy atom. The molecule has 1 N–H and O–H groups in total. The summed E-state index contributed by atoms with van der Waals surface area (Å²) in [5.74, 6) is -1.42. The summed E-state index contributed by atoms with van der Waals surface area (Å²) < 4.78 is 37.5. The maximum absolute atomic E-state index is 12.5. The maximum Gasteiger partial charge on any atom is 0.395 e. The smallest absolute Gasteiger partial charge is 0.395 e. The third-order valence-electron chi connectivity index (χ3n) is 2.64. The minimum atomic E-state index is -4.20. The van der Waals surface area contributed by atoms with Crippen molar-refractivity contribution in [2.45, 2.75) is 24.9 Å². The molecule has 1 aromatic rings. The zero-order valence-corrected chi connectivity index (χ0v) is 7.30. The molecular weight excluding hydrogens is 193 g/mol. The molecule has 76 valence electrons. The maximum atomic E-state index is 12.5. The Hall–Kier alpha value is -1.19. The highest BCUT2D eigenvalue weighted by molar-refractivity contribution is 5.45. The molecule has 0 heterocycles. The summed E-state index contributed by atoms with van der Waals surface area (Å²) in [4.78, 5) is 0. The van der Waals surface area contributed by atoms with E-state index in [0.717, 1.165) is 0 Å². The van der Waals surface area contributed by atoms with E-state index in [4.69, 9.17) is 0 Å². The number of alkyl halides is 3. The summed E-state index contributed by atoms with van der Waals surface area (Å²) in [5, 5.41) is 9.35. The molecule has 0 aromatic heterocycles. The topological polar surface area (TPSA) is 20.2 Å². The van der Waals surface area contributed by atoms with Gasteiger partial charge in [-0.1, -0.05) is 12.1 Å². The van der Waals surface area contributed by atoms with Crippen molar-refractivity contribution in [1.29, 1.82) is 0 Å². The third kappa shape index (κ3) is 1.35. The number of halogens is 3. The van der Waals surface area contributed by atoms with Gasteiger partial charge in [0.1, 0.15) is 5.75 Å². The van der Waals surface area contributed by atoms with Crippen LogP contribution < -0.4 is 0 Å². The first-order valence-corrected chi connectivity index (χ1v) is 4.37. The molecule has 0 radical (unpaired) electrons. The van der Waals surface area contributed by atoms with E-state index in [1.54, 1.807) is 0 Å². The van der Waals surface area contributed by atoms with Crippen molar-refractivity contribution in [3.63, 3.8) is 0 Å². The van der Waals surface area contributed by atoms with Gasteiger partial charge in [-0.2, -0.15) is 13.2 Å². The molecule has 4 heteroatoms. The van der Waals surface area contributed by atoms with E-state index in [1.165, 1.54) is 18.2 Å². The lowest BCUT2D eigenvalue weighted by Gasteiger charge is -2.15. The summed E-state index contributed by atoms with van der Waals surface area (Å²) in [7, 11) is 0. The molecule has 1 aliphatic rings. The molecule has 1 nitrogen and oxygen atoms in total. The van der Waals surface area contributed by atoms with E-state index in [-0.39, 0.29) is 17.7 Å². The molecule has 1 aliphatic carbocycles. The summed E-state index contributed by atoms with van der Waals surface area (Å²) in [5.41, 5.74) is 0.687. The first-order chi connectivity index (χ1) is 6.50. The Bertz CT molecular complexity index is 357. The SMILES string of the molecule is Oc1cccc2c1CCC2C(F)(F)F. The van der Waals surface area contributed by atoms with E-state index in [0.29, 0.717) is 12.0 Å². The molecule has 0 saturated carbocycles. The summed E-state index contributed by atoms with van der Waals surface area (Å²) in [6.45, 7) is 0. The summed E-state index contributed by atoms with van der Waals surface area (Å²) >= 11 is 0. The van der Waals surface area contributed by atoms with Gasteiger partial charge in [0.05, 0.1) is 5.92 Å². The molecule has 2 rings (SSSR count). The van der Waals surface area contributed by atoms with Gasteiger partial charge in [-0.05, 0) is 30.0 Å². The molecule has 0 bridgehead atoms. The summed E-state index contributed by atoms with van der Waals surface area (Å²) in [6, 6.07) is 4.33. The Morgan fingerprint density at radius 2 is 2.00 bits per heavy atom. The molecular formula is C10H9F3O. The standard InChI is InChI=1S/C10H9F3O/c11-10(12,13)8-5-4-7-6(8)2-1-3-9(7)14/h1-3,8,14H,4-5H2. The fraction of sp³-hybridized carbons (Fsp3) is 0.400. The third-order valence-corrected chi connectivity index (χ3v) is 2.64. The van der Waals surface area contributed by atoms with Crippen molar-refractivity contribution in [3.05, 3.63) is 29.3 Å². The van der Waals surface area contributed by atoms with Crippen LogP contribution in [0.25, 0.3) is 0 Å². The van der Waals surface area contributed by atoms with Crippen LogP contribution in [-0.4, -0.2) is 11.3 Å². The zero-order chi connectivity index (χ0) is 10.3. The molecule has 0 saturated heterocycles. The van der Waals surface area contributed by atoms with Gasteiger partial charge < -0.3 is 5.11 Å². The van der Waals surface area contributed by atoms with Crippen LogP contribution in [-0.2, 0) is 6.42 Å². The number of fused-ring (bicyclic) bond motifs is 1. The molecule has 0 aliphatic heterocycles. The second kappa shape index (κ2) is 2.90. The molecule has 14 heavy (non-hydrogen) atoms. The van der Waals surface area contributed by atoms with Gasteiger partial charge in [-0.15, -0.1) is 0 Å². The van der Waals surface area contributed by atoms with Gasteiger partial charge in [-0.3, -0.25) is 0 Å². The Morgan fingerprint density at radius 1 is 1.29 bits per heavy atom. The van der Waals surface area contributed by atoms with Gasteiger partial charge in [0.25, 0.3) is 0 Å². The number of aromatic hydroxyl groups is 1. The van der Waals surface area contributed by atoms with Crippen LogP contribution in [0.15, 0.2) is 18.2 Å². The second-order valence-corrected chi connectivity index (χ2v) is 3.48. The molecule has 0 amide bonds. The number of rotatable bonds is 0. The predicted molar refractivity (Wildman–Crippen MR) is 45.2 cm³/mol. The molecule has 1 aromatic carbocycles. The normalized spacial score (nSPS) is 20.9. The Balaban J connectivity index is 2.45. The minimum absolute atomic E-state index is 0.0192. The van der Waals surface area contributed by atoms with Crippen LogP contribution in [0.3, 0.4) is 0 Å². The van der Waals surface area contributed by atoms with Gasteiger partial charge in [0.15, 0.2) is 0 Å². The second-order valence-electron chi connectivity index (χ2n) is 3.48. The van der Waals surface area contributed by atoms with Gasteiger partial charge in [0, 0.05) is 0 Å². The lowest BCUT2D eigenvalue weighted by molar-refractivity contribution is -0.149. The van der Waals surface area contributed by atoms with Crippen molar-refractivity contribution >= 4 is 0 Å². The number of phenolic OH excluding ortho intramolecular Hbond substituents is 1. The van der Waals surface area contributed by atoms with Crippen molar-refractivity contribution < 1.29 is 18.3 Å². The summed E-state index contributed by atoms with van der Waals surface area (Å²) in [6.07, 6.45) is -3.83. The van der Waals surface area contributed by atoms with Crippen molar-refractivity contribution in [1.82, 2.24) is 0 Å². The quantitative estimate of drug-likeness (QED) is 0.685. The predicted octanol–water partition coefficient (Wildman–Crippen LogP) is 2.98. The first kappa shape index (κ1) is 9.37. The zero-order valence-electron chi connectivity index (χ0n) is 7.30. The molecule has 0 fully saturated rings. The minimum Gasteiger partial charge on any atom is -0.508 e. The molecule has 1 unspecified atom stereocenters.